The zero-order chi connectivity index (χ0) is 13.0. The van der Waals surface area contributed by atoms with Crippen LogP contribution in [0.3, 0.4) is 0 Å². The fraction of sp³-hybridized carbons (Fsp3) is 0.667. The highest BCUT2D eigenvalue weighted by atomic mass is 14.7. The van der Waals surface area contributed by atoms with Crippen molar-refractivity contribution in [2.45, 2.75) is 41.0 Å². The number of hydrogen-bond donors (Lipinski definition) is 0. The van der Waals surface area contributed by atoms with E-state index in [1.54, 1.807) is 16.7 Å². The summed E-state index contributed by atoms with van der Waals surface area (Å²) in [5, 5.41) is 0. The first-order chi connectivity index (χ1) is 8.37. The topological polar surface area (TPSA) is 0 Å². The van der Waals surface area contributed by atoms with Gasteiger partial charge < -0.3 is 0 Å². The van der Waals surface area contributed by atoms with E-state index >= 15 is 0 Å². The molecular formula is C18H24. The summed E-state index contributed by atoms with van der Waals surface area (Å²) in [4.78, 5) is 0. The predicted molar refractivity (Wildman–Crippen MR) is 76.1 cm³/mol. The van der Waals surface area contributed by atoms with Crippen molar-refractivity contribution in [2.75, 3.05) is 0 Å². The second kappa shape index (κ2) is 2.71. The van der Waals surface area contributed by atoms with Crippen LogP contribution in [-0.2, 0) is 0 Å². The molecule has 96 valence electrons. The van der Waals surface area contributed by atoms with Crippen molar-refractivity contribution < 1.29 is 0 Å². The van der Waals surface area contributed by atoms with Gasteiger partial charge in [0.25, 0.3) is 0 Å². The van der Waals surface area contributed by atoms with E-state index in [0.29, 0.717) is 10.8 Å². The Bertz CT molecular complexity index is 546. The molecule has 5 rings (SSSR count). The van der Waals surface area contributed by atoms with Gasteiger partial charge in [0.15, 0.2) is 0 Å². The molecule has 5 aliphatic carbocycles. The number of allylic oxidation sites excluding steroid dienone is 5. The van der Waals surface area contributed by atoms with E-state index in [-0.39, 0.29) is 0 Å². The highest BCUT2D eigenvalue weighted by molar-refractivity contribution is 5.70. The van der Waals surface area contributed by atoms with Crippen molar-refractivity contribution in [3.05, 3.63) is 34.9 Å². The van der Waals surface area contributed by atoms with Crippen LogP contribution in [0.15, 0.2) is 34.9 Å². The summed E-state index contributed by atoms with van der Waals surface area (Å²) in [5.41, 5.74) is 7.05. The summed E-state index contributed by atoms with van der Waals surface area (Å²) in [6.45, 7) is 16.9. The van der Waals surface area contributed by atoms with E-state index < -0.39 is 0 Å². The molecule has 1 spiro atoms. The van der Waals surface area contributed by atoms with Gasteiger partial charge in [0.2, 0.25) is 0 Å². The summed E-state index contributed by atoms with van der Waals surface area (Å²) >= 11 is 0. The fourth-order valence-electron chi connectivity index (χ4n) is 6.51. The first kappa shape index (κ1) is 11.1. The summed E-state index contributed by atoms with van der Waals surface area (Å²) in [6, 6.07) is 0. The van der Waals surface area contributed by atoms with Crippen LogP contribution < -0.4 is 0 Å². The lowest BCUT2D eigenvalue weighted by Gasteiger charge is -2.57. The van der Waals surface area contributed by atoms with Crippen LogP contribution in [0.5, 0.6) is 0 Å². The van der Waals surface area contributed by atoms with Crippen LogP contribution in [0.25, 0.3) is 0 Å². The Morgan fingerprint density at radius 1 is 1.22 bits per heavy atom. The quantitative estimate of drug-likeness (QED) is 0.573. The van der Waals surface area contributed by atoms with Gasteiger partial charge in [-0.15, -0.1) is 0 Å². The minimum absolute atomic E-state index is 0.314. The Morgan fingerprint density at radius 2 is 1.89 bits per heavy atom. The minimum atomic E-state index is 0.314. The Kier molecular flexibility index (Phi) is 1.67. The Morgan fingerprint density at radius 3 is 2.50 bits per heavy atom. The van der Waals surface area contributed by atoms with Crippen LogP contribution in [0.1, 0.15) is 41.0 Å². The van der Waals surface area contributed by atoms with E-state index in [9.17, 15) is 0 Å². The Hall–Kier alpha value is -0.780. The molecule has 6 atom stereocenters. The van der Waals surface area contributed by atoms with Gasteiger partial charge in [0.1, 0.15) is 0 Å². The summed E-state index contributed by atoms with van der Waals surface area (Å²) < 4.78 is 0. The molecule has 0 saturated heterocycles. The van der Waals surface area contributed by atoms with Gasteiger partial charge >= 0.3 is 0 Å². The molecule has 5 aliphatic rings. The van der Waals surface area contributed by atoms with E-state index in [1.165, 1.54) is 12.0 Å². The van der Waals surface area contributed by atoms with Gasteiger partial charge in [-0.25, -0.2) is 0 Å². The van der Waals surface area contributed by atoms with Gasteiger partial charge in [0.05, 0.1) is 0 Å². The molecule has 0 heterocycles. The fourth-order valence-corrected chi connectivity index (χ4v) is 6.51. The second-order valence-corrected chi connectivity index (χ2v) is 7.52. The molecule has 0 aromatic carbocycles. The van der Waals surface area contributed by atoms with Crippen LogP contribution >= 0.6 is 0 Å². The van der Waals surface area contributed by atoms with Crippen molar-refractivity contribution in [3.8, 4) is 0 Å². The van der Waals surface area contributed by atoms with E-state index in [4.69, 9.17) is 0 Å². The first-order valence-corrected chi connectivity index (χ1v) is 7.51. The SMILES string of the molecule is C=C1C2=CC3=C(C)C14[C@H](C)CC(C(C)C23C)[C@@H]4C. The molecule has 2 fully saturated rings. The molecule has 0 radical (unpaired) electrons. The van der Waals surface area contributed by atoms with Crippen molar-refractivity contribution in [1.82, 2.24) is 0 Å². The van der Waals surface area contributed by atoms with Crippen molar-refractivity contribution in [3.63, 3.8) is 0 Å². The zero-order valence-corrected chi connectivity index (χ0v) is 12.3. The third-order valence-electron chi connectivity index (χ3n) is 7.57. The average molecular weight is 240 g/mol. The van der Waals surface area contributed by atoms with E-state index in [0.717, 1.165) is 23.7 Å². The lowest BCUT2D eigenvalue weighted by Crippen LogP contribution is -2.47. The monoisotopic (exact) mass is 240 g/mol. The number of hydrogen-bond acceptors (Lipinski definition) is 0. The van der Waals surface area contributed by atoms with Crippen LogP contribution in [0, 0.1) is 34.5 Å². The highest BCUT2D eigenvalue weighted by Gasteiger charge is 2.68. The maximum atomic E-state index is 4.57. The maximum absolute atomic E-state index is 4.57. The standard InChI is InChI=1S/C18H24/c1-9-7-14-10(2)17(6)15-8-16(17)13(5)18(9,11(14)3)12(15)4/h8-11,14H,4,7H2,1-3,5-6H3/t9-,10?,11+,14?,17?,18?/m1/s1. The summed E-state index contributed by atoms with van der Waals surface area (Å²) in [6.07, 6.45) is 3.84. The van der Waals surface area contributed by atoms with Crippen LogP contribution in [0.2, 0.25) is 0 Å². The first-order valence-electron chi connectivity index (χ1n) is 7.51. The molecule has 5 bridgehead atoms. The summed E-state index contributed by atoms with van der Waals surface area (Å²) in [5.74, 6) is 3.21. The van der Waals surface area contributed by atoms with Gasteiger partial charge in [-0.2, -0.15) is 0 Å². The minimum Gasteiger partial charge on any atom is -0.0946 e. The van der Waals surface area contributed by atoms with Crippen molar-refractivity contribution in [2.24, 2.45) is 34.5 Å². The lowest BCUT2D eigenvalue weighted by atomic mass is 9.46. The maximum Gasteiger partial charge on any atom is 0.0216 e. The predicted octanol–water partition coefficient (Wildman–Crippen LogP) is 4.75. The van der Waals surface area contributed by atoms with Gasteiger partial charge in [-0.1, -0.05) is 45.9 Å². The largest absolute Gasteiger partial charge is 0.0946 e. The Labute approximate surface area is 111 Å². The molecule has 0 aliphatic heterocycles. The van der Waals surface area contributed by atoms with Crippen molar-refractivity contribution >= 4 is 0 Å². The molecule has 0 amide bonds. The van der Waals surface area contributed by atoms with Gasteiger partial charge in [-0.05, 0) is 53.7 Å². The third-order valence-corrected chi connectivity index (χ3v) is 7.57. The zero-order valence-electron chi connectivity index (χ0n) is 12.3. The Balaban J connectivity index is 2.12. The molecule has 0 N–H and O–H groups in total. The van der Waals surface area contributed by atoms with Gasteiger partial charge in [-0.3, -0.25) is 0 Å². The molecule has 0 heteroatoms. The van der Waals surface area contributed by atoms with Crippen LogP contribution in [0.4, 0.5) is 0 Å². The van der Waals surface area contributed by atoms with Crippen molar-refractivity contribution in [1.29, 1.82) is 0 Å². The molecule has 0 aromatic heterocycles. The smallest absolute Gasteiger partial charge is 0.0216 e. The average Bonchev–Trinajstić information content (AvgIpc) is 2.54. The third kappa shape index (κ3) is 0.724. The lowest BCUT2D eigenvalue weighted by molar-refractivity contribution is 0.184. The van der Waals surface area contributed by atoms with E-state index in [2.05, 4.69) is 47.3 Å². The van der Waals surface area contributed by atoms with E-state index in [1.807, 2.05) is 0 Å². The number of rotatable bonds is 0. The summed E-state index contributed by atoms with van der Waals surface area (Å²) in [7, 11) is 0. The molecule has 18 heavy (non-hydrogen) atoms. The molecular weight excluding hydrogens is 216 g/mol. The molecule has 0 nitrogen and oxygen atoms in total. The van der Waals surface area contributed by atoms with Gasteiger partial charge in [0, 0.05) is 10.8 Å². The molecule has 2 saturated carbocycles. The normalized spacial score (nSPS) is 56.5. The highest BCUT2D eigenvalue weighted by Crippen LogP contribution is 2.77. The molecule has 4 unspecified atom stereocenters. The van der Waals surface area contributed by atoms with Crippen LogP contribution in [-0.4, -0.2) is 0 Å². The molecule has 0 aromatic rings. The second-order valence-electron chi connectivity index (χ2n) is 7.52.